The number of aliphatic carboxylic acids is 1. The Hall–Kier alpha value is -1.65. The molecule has 4 atom stereocenters. The molecule has 1 aromatic carbocycles. The van der Waals surface area contributed by atoms with Gasteiger partial charge in [0.25, 0.3) is 0 Å². The van der Waals surface area contributed by atoms with Crippen molar-refractivity contribution in [1.82, 2.24) is 0 Å². The molecule has 3 N–H and O–H groups in total. The Morgan fingerprint density at radius 1 is 1.10 bits per heavy atom. The molecule has 4 unspecified atom stereocenters. The number of aliphatic hydroxyl groups excluding tert-OH is 2. The summed E-state index contributed by atoms with van der Waals surface area (Å²) in [7, 11) is 0. The summed E-state index contributed by atoms with van der Waals surface area (Å²) in [5.41, 5.74) is 3.47. The average Bonchev–Trinajstić information content (AvgIpc) is 2.75. The number of rotatable bonds is 2. The second-order valence-electron chi connectivity index (χ2n) is 5.69. The fraction of sp³-hybridized carbons (Fsp3) is 0.438. The molecular weight excluding hydrogens is 256 g/mol. The van der Waals surface area contributed by atoms with E-state index in [4.69, 9.17) is 5.11 Å². The molecule has 0 heterocycles. The molecule has 0 saturated heterocycles. The first kappa shape index (κ1) is 13.3. The molecule has 4 nitrogen and oxygen atoms in total. The zero-order chi connectivity index (χ0) is 14.3. The molecule has 0 amide bonds. The maximum Gasteiger partial charge on any atom is 0.309 e. The molecule has 1 fully saturated rings. The SMILES string of the molecule is O=C(O)C1CC(C2=Cc3ccccc3CC2)C(O)C1O. The zero-order valence-corrected chi connectivity index (χ0v) is 11.1. The zero-order valence-electron chi connectivity index (χ0n) is 11.1. The minimum absolute atomic E-state index is 0.251. The first-order valence-corrected chi connectivity index (χ1v) is 6.95. The van der Waals surface area contributed by atoms with Gasteiger partial charge in [0.15, 0.2) is 0 Å². The quantitative estimate of drug-likeness (QED) is 0.763. The Kier molecular flexibility index (Phi) is 3.36. The number of carboxylic acid groups (broad SMARTS) is 1. The van der Waals surface area contributed by atoms with Gasteiger partial charge in [-0.1, -0.05) is 35.9 Å². The van der Waals surface area contributed by atoms with Crippen molar-refractivity contribution < 1.29 is 20.1 Å². The predicted molar refractivity (Wildman–Crippen MR) is 74.0 cm³/mol. The number of hydrogen-bond acceptors (Lipinski definition) is 3. The van der Waals surface area contributed by atoms with Crippen molar-refractivity contribution in [3.05, 3.63) is 41.0 Å². The van der Waals surface area contributed by atoms with Crippen LogP contribution in [0.25, 0.3) is 6.08 Å². The van der Waals surface area contributed by atoms with E-state index in [2.05, 4.69) is 6.07 Å². The highest BCUT2D eigenvalue weighted by Gasteiger charge is 2.46. The summed E-state index contributed by atoms with van der Waals surface area (Å²) in [4.78, 5) is 11.1. The van der Waals surface area contributed by atoms with Crippen LogP contribution in [0.15, 0.2) is 29.8 Å². The predicted octanol–water partition coefficient (Wildman–Crippen LogP) is 1.46. The fourth-order valence-electron chi connectivity index (χ4n) is 3.39. The molecule has 4 heteroatoms. The van der Waals surface area contributed by atoms with Gasteiger partial charge in [-0.15, -0.1) is 0 Å². The van der Waals surface area contributed by atoms with Gasteiger partial charge in [0, 0.05) is 5.92 Å². The van der Waals surface area contributed by atoms with E-state index in [1.54, 1.807) is 0 Å². The Labute approximate surface area is 117 Å². The summed E-state index contributed by atoms with van der Waals surface area (Å²) >= 11 is 0. The van der Waals surface area contributed by atoms with Crippen LogP contribution in [0.4, 0.5) is 0 Å². The molecule has 0 spiro atoms. The minimum atomic E-state index is -1.17. The third-order valence-corrected chi connectivity index (χ3v) is 4.55. The molecular formula is C16H18O4. The van der Waals surface area contributed by atoms with Crippen LogP contribution in [-0.2, 0) is 11.2 Å². The third kappa shape index (κ3) is 2.15. The standard InChI is InChI=1S/C16H18O4/c17-14-12(8-13(15(14)18)16(19)20)11-6-5-9-3-1-2-4-10(9)7-11/h1-4,7,12-15,17-18H,5-6,8H2,(H,19,20). The third-order valence-electron chi connectivity index (χ3n) is 4.55. The van der Waals surface area contributed by atoms with Gasteiger partial charge >= 0.3 is 5.97 Å². The Morgan fingerprint density at radius 3 is 2.55 bits per heavy atom. The Morgan fingerprint density at radius 2 is 1.85 bits per heavy atom. The van der Waals surface area contributed by atoms with E-state index in [9.17, 15) is 15.0 Å². The molecule has 1 aromatic rings. The summed E-state index contributed by atoms with van der Waals surface area (Å²) in [5, 5.41) is 29.1. The van der Waals surface area contributed by atoms with Gasteiger partial charge < -0.3 is 15.3 Å². The highest BCUT2D eigenvalue weighted by Crippen LogP contribution is 2.40. The maximum atomic E-state index is 11.1. The molecule has 0 aliphatic heterocycles. The van der Waals surface area contributed by atoms with Crippen LogP contribution in [-0.4, -0.2) is 33.5 Å². The van der Waals surface area contributed by atoms with Gasteiger partial charge in [-0.05, 0) is 30.4 Å². The number of fused-ring (bicyclic) bond motifs is 1. The van der Waals surface area contributed by atoms with Crippen molar-refractivity contribution in [3.63, 3.8) is 0 Å². The van der Waals surface area contributed by atoms with Gasteiger partial charge in [0.05, 0.1) is 18.1 Å². The summed E-state index contributed by atoms with van der Waals surface area (Å²) in [6, 6.07) is 8.09. The van der Waals surface area contributed by atoms with E-state index in [1.807, 2.05) is 24.3 Å². The highest BCUT2D eigenvalue weighted by molar-refractivity contribution is 5.72. The second-order valence-corrected chi connectivity index (χ2v) is 5.69. The van der Waals surface area contributed by atoms with Crippen LogP contribution in [0.5, 0.6) is 0 Å². The van der Waals surface area contributed by atoms with E-state index in [0.717, 1.165) is 24.0 Å². The normalized spacial score (nSPS) is 32.6. The Bertz CT molecular complexity index is 563. The molecule has 2 aliphatic rings. The monoisotopic (exact) mass is 274 g/mol. The van der Waals surface area contributed by atoms with E-state index in [-0.39, 0.29) is 5.92 Å². The lowest BCUT2D eigenvalue weighted by molar-refractivity contribution is -0.145. The minimum Gasteiger partial charge on any atom is -0.481 e. The van der Waals surface area contributed by atoms with Gasteiger partial charge in [0.1, 0.15) is 0 Å². The van der Waals surface area contributed by atoms with E-state index in [1.165, 1.54) is 5.56 Å². The summed E-state index contributed by atoms with van der Waals surface area (Å²) in [6.45, 7) is 0. The lowest BCUT2D eigenvalue weighted by atomic mass is 9.83. The number of aliphatic hydroxyl groups is 2. The van der Waals surface area contributed by atoms with Crippen molar-refractivity contribution in [1.29, 1.82) is 0 Å². The topological polar surface area (TPSA) is 77.8 Å². The Balaban J connectivity index is 1.88. The van der Waals surface area contributed by atoms with Gasteiger partial charge in [-0.3, -0.25) is 4.79 Å². The van der Waals surface area contributed by atoms with Crippen LogP contribution in [0.1, 0.15) is 24.0 Å². The maximum absolute atomic E-state index is 11.1. The first-order chi connectivity index (χ1) is 9.58. The van der Waals surface area contributed by atoms with Crippen LogP contribution in [0, 0.1) is 11.8 Å². The number of benzene rings is 1. The van der Waals surface area contributed by atoms with E-state index in [0.29, 0.717) is 6.42 Å². The largest absolute Gasteiger partial charge is 0.481 e. The number of aryl methyl sites for hydroxylation is 1. The van der Waals surface area contributed by atoms with Crippen molar-refractivity contribution in [3.8, 4) is 0 Å². The first-order valence-electron chi connectivity index (χ1n) is 6.95. The van der Waals surface area contributed by atoms with Crippen LogP contribution < -0.4 is 0 Å². The highest BCUT2D eigenvalue weighted by atomic mass is 16.4. The van der Waals surface area contributed by atoms with Crippen LogP contribution in [0.3, 0.4) is 0 Å². The summed E-state index contributed by atoms with van der Waals surface area (Å²) in [5.74, 6) is -2.15. The molecule has 0 radical (unpaired) electrons. The lowest BCUT2D eigenvalue weighted by Crippen LogP contribution is -2.32. The molecule has 1 saturated carbocycles. The van der Waals surface area contributed by atoms with Crippen molar-refractivity contribution in [2.24, 2.45) is 11.8 Å². The number of carbonyl (C=O) groups is 1. The lowest BCUT2D eigenvalue weighted by Gasteiger charge is -2.24. The van der Waals surface area contributed by atoms with Crippen molar-refractivity contribution in [2.75, 3.05) is 0 Å². The molecule has 0 aromatic heterocycles. The molecule has 3 rings (SSSR count). The van der Waals surface area contributed by atoms with Crippen molar-refractivity contribution in [2.45, 2.75) is 31.5 Å². The van der Waals surface area contributed by atoms with Crippen LogP contribution in [0.2, 0.25) is 0 Å². The van der Waals surface area contributed by atoms with E-state index < -0.39 is 24.1 Å². The summed E-state index contributed by atoms with van der Waals surface area (Å²) in [6.07, 6.45) is 1.93. The molecule has 2 aliphatic carbocycles. The molecule has 20 heavy (non-hydrogen) atoms. The van der Waals surface area contributed by atoms with Gasteiger partial charge in [0.2, 0.25) is 0 Å². The number of carboxylic acids is 1. The number of hydrogen-bond donors (Lipinski definition) is 3. The van der Waals surface area contributed by atoms with Crippen molar-refractivity contribution >= 4 is 12.0 Å². The molecule has 0 bridgehead atoms. The van der Waals surface area contributed by atoms with Crippen LogP contribution >= 0.6 is 0 Å². The summed E-state index contributed by atoms with van der Waals surface area (Å²) < 4.78 is 0. The smallest absolute Gasteiger partial charge is 0.309 e. The average molecular weight is 274 g/mol. The fourth-order valence-corrected chi connectivity index (χ4v) is 3.39. The second kappa shape index (κ2) is 5.04. The van der Waals surface area contributed by atoms with E-state index >= 15 is 0 Å². The van der Waals surface area contributed by atoms with Gasteiger partial charge in [-0.2, -0.15) is 0 Å². The van der Waals surface area contributed by atoms with Gasteiger partial charge in [-0.25, -0.2) is 0 Å². The molecule has 106 valence electrons.